The Morgan fingerprint density at radius 1 is 0.795 bits per heavy atom. The molecule has 0 unspecified atom stereocenters. The average Bonchev–Trinajstić information content (AvgIpc) is 2.97. The number of carboxylic acids is 1. The number of terminal acetylenes is 1. The van der Waals surface area contributed by atoms with Crippen LogP contribution in [-0.2, 0) is 16.1 Å². The highest BCUT2D eigenvalue weighted by Gasteiger charge is 2.31. The van der Waals surface area contributed by atoms with E-state index >= 15 is 0 Å². The van der Waals surface area contributed by atoms with Gasteiger partial charge in [-0.3, -0.25) is 9.59 Å². The molecule has 4 aromatic rings. The third kappa shape index (κ3) is 6.79. The number of hydrogen-bond acceptors (Lipinski definition) is 3. The van der Waals surface area contributed by atoms with Crippen molar-refractivity contribution < 1.29 is 19.5 Å². The maximum atomic E-state index is 13.7. The molecule has 4 rings (SSSR count). The van der Waals surface area contributed by atoms with Crippen LogP contribution in [0, 0.1) is 12.3 Å². The van der Waals surface area contributed by atoms with E-state index in [1.807, 2.05) is 91.0 Å². The molecule has 0 fully saturated rings. The highest BCUT2D eigenvalue weighted by atomic mass is 16.4. The Balaban J connectivity index is 1.66. The van der Waals surface area contributed by atoms with Gasteiger partial charge in [-0.05, 0) is 64.6 Å². The molecule has 39 heavy (non-hydrogen) atoms. The van der Waals surface area contributed by atoms with Gasteiger partial charge in [0.25, 0.3) is 5.91 Å². The number of nitrogens with two attached hydrogens (primary N) is 1. The van der Waals surface area contributed by atoms with Crippen molar-refractivity contribution in [3.8, 4) is 34.6 Å². The van der Waals surface area contributed by atoms with Gasteiger partial charge in [-0.1, -0.05) is 78.7 Å². The van der Waals surface area contributed by atoms with Crippen LogP contribution in [-0.4, -0.2) is 33.8 Å². The highest BCUT2D eigenvalue weighted by molar-refractivity contribution is 5.97. The monoisotopic (exact) mass is 516 g/mol. The van der Waals surface area contributed by atoms with Crippen LogP contribution in [0.5, 0.6) is 0 Å². The van der Waals surface area contributed by atoms with E-state index in [2.05, 4.69) is 5.92 Å². The van der Waals surface area contributed by atoms with Gasteiger partial charge >= 0.3 is 5.97 Å². The van der Waals surface area contributed by atoms with Crippen molar-refractivity contribution in [3.05, 3.63) is 120 Å². The summed E-state index contributed by atoms with van der Waals surface area (Å²) >= 11 is 0. The molecule has 6 heteroatoms. The molecular formula is C33H28N2O4. The maximum absolute atomic E-state index is 13.7. The summed E-state index contributed by atoms with van der Waals surface area (Å²) in [6.45, 7) is 0.0330. The van der Waals surface area contributed by atoms with Crippen molar-refractivity contribution in [2.45, 2.75) is 25.4 Å². The van der Waals surface area contributed by atoms with Gasteiger partial charge in [0.05, 0.1) is 0 Å². The lowest BCUT2D eigenvalue weighted by Gasteiger charge is -2.29. The van der Waals surface area contributed by atoms with E-state index < -0.39 is 23.8 Å². The van der Waals surface area contributed by atoms with Crippen LogP contribution in [0.3, 0.4) is 0 Å². The minimum Gasteiger partial charge on any atom is -0.480 e. The zero-order valence-corrected chi connectivity index (χ0v) is 21.3. The van der Waals surface area contributed by atoms with E-state index in [0.717, 1.165) is 33.4 Å². The number of primary amides is 1. The molecule has 0 radical (unpaired) electrons. The molecule has 0 saturated carbocycles. The summed E-state index contributed by atoms with van der Waals surface area (Å²) in [7, 11) is 0. The molecule has 2 amide bonds. The number of carbonyl (C=O) groups excluding carboxylic acids is 2. The quantitative estimate of drug-likeness (QED) is 0.277. The van der Waals surface area contributed by atoms with Gasteiger partial charge < -0.3 is 15.7 Å². The molecule has 0 heterocycles. The summed E-state index contributed by atoms with van der Waals surface area (Å²) in [5.41, 5.74) is 11.0. The van der Waals surface area contributed by atoms with Gasteiger partial charge in [-0.25, -0.2) is 4.79 Å². The van der Waals surface area contributed by atoms with Crippen molar-refractivity contribution in [2.24, 2.45) is 5.73 Å². The Bertz CT molecular complexity index is 1500. The van der Waals surface area contributed by atoms with Crippen LogP contribution in [0.25, 0.3) is 22.3 Å². The van der Waals surface area contributed by atoms with Crippen LogP contribution in [0.1, 0.15) is 34.3 Å². The van der Waals surface area contributed by atoms with Crippen molar-refractivity contribution in [1.29, 1.82) is 0 Å². The third-order valence-corrected chi connectivity index (χ3v) is 6.49. The average molecular weight is 517 g/mol. The number of rotatable bonds is 10. The number of amides is 2. The van der Waals surface area contributed by atoms with Gasteiger partial charge in [0.1, 0.15) is 6.04 Å². The van der Waals surface area contributed by atoms with Crippen molar-refractivity contribution in [3.63, 3.8) is 0 Å². The Morgan fingerprint density at radius 2 is 1.38 bits per heavy atom. The van der Waals surface area contributed by atoms with Crippen molar-refractivity contribution in [1.82, 2.24) is 4.90 Å². The van der Waals surface area contributed by atoms with Gasteiger partial charge in [0.15, 0.2) is 0 Å². The zero-order chi connectivity index (χ0) is 27.8. The Kier molecular flexibility index (Phi) is 8.55. The minimum atomic E-state index is -1.24. The molecule has 1 atom stereocenters. The fraction of sp³-hybridized carbons (Fsp3) is 0.121. The first kappa shape index (κ1) is 26.9. The standard InChI is InChI=1S/C33H28N2O4/c1-2-23-11-13-27(14-12-23)29-10-6-7-24(21-29)22-35(30(33(38)39)19-20-31(34)36)32(37)28-17-15-26(16-18-28)25-8-4-3-5-9-25/h1,3-18,21,30H,19-20,22H2,(H2,34,36)(H,38,39)/t30-/m0/s1. The number of carboxylic acid groups (broad SMARTS) is 1. The van der Waals surface area contributed by atoms with E-state index in [-0.39, 0.29) is 19.4 Å². The Morgan fingerprint density at radius 3 is 2.00 bits per heavy atom. The van der Waals surface area contributed by atoms with E-state index in [1.54, 1.807) is 12.1 Å². The number of aliphatic carboxylic acids is 1. The molecule has 0 bridgehead atoms. The van der Waals surface area contributed by atoms with Gasteiger partial charge in [-0.2, -0.15) is 0 Å². The molecule has 0 aliphatic carbocycles. The smallest absolute Gasteiger partial charge is 0.326 e. The molecule has 0 aliphatic heterocycles. The Labute approximate surface area is 227 Å². The lowest BCUT2D eigenvalue weighted by atomic mass is 10.00. The number of carbonyl (C=O) groups is 3. The SMILES string of the molecule is C#Cc1ccc(-c2cccc(CN(C(=O)c3ccc(-c4ccccc4)cc3)[C@@H](CCC(N)=O)C(=O)O)c2)cc1. The molecule has 4 aromatic carbocycles. The molecule has 0 aromatic heterocycles. The predicted octanol–water partition coefficient (Wildman–Crippen LogP) is 5.36. The van der Waals surface area contributed by atoms with Gasteiger partial charge in [-0.15, -0.1) is 6.42 Å². The van der Waals surface area contributed by atoms with E-state index in [1.165, 1.54) is 4.90 Å². The summed E-state index contributed by atoms with van der Waals surface area (Å²) in [4.78, 5) is 38.8. The topological polar surface area (TPSA) is 101 Å². The first-order valence-corrected chi connectivity index (χ1v) is 12.5. The highest BCUT2D eigenvalue weighted by Crippen LogP contribution is 2.25. The maximum Gasteiger partial charge on any atom is 0.326 e. The Hall–Kier alpha value is -5.15. The molecule has 194 valence electrons. The zero-order valence-electron chi connectivity index (χ0n) is 21.3. The van der Waals surface area contributed by atoms with Crippen LogP contribution in [0.2, 0.25) is 0 Å². The molecular weight excluding hydrogens is 488 g/mol. The van der Waals surface area contributed by atoms with Crippen LogP contribution in [0.4, 0.5) is 0 Å². The lowest BCUT2D eigenvalue weighted by Crippen LogP contribution is -2.45. The molecule has 6 nitrogen and oxygen atoms in total. The van der Waals surface area contributed by atoms with E-state index in [0.29, 0.717) is 5.56 Å². The second-order valence-corrected chi connectivity index (χ2v) is 9.16. The normalized spacial score (nSPS) is 11.3. The summed E-state index contributed by atoms with van der Waals surface area (Å²) in [5.74, 6) is 0.316. The van der Waals surface area contributed by atoms with Crippen LogP contribution in [0.15, 0.2) is 103 Å². The first-order valence-electron chi connectivity index (χ1n) is 12.5. The summed E-state index contributed by atoms with van der Waals surface area (Å²) in [6.07, 6.45) is 5.21. The fourth-order valence-electron chi connectivity index (χ4n) is 4.42. The minimum absolute atomic E-state index is 0.0330. The van der Waals surface area contributed by atoms with Gasteiger partial charge in [0, 0.05) is 24.1 Å². The summed E-state index contributed by atoms with van der Waals surface area (Å²) < 4.78 is 0. The van der Waals surface area contributed by atoms with Crippen LogP contribution >= 0.6 is 0 Å². The van der Waals surface area contributed by atoms with Crippen molar-refractivity contribution >= 4 is 17.8 Å². The van der Waals surface area contributed by atoms with Crippen LogP contribution < -0.4 is 5.73 Å². The summed E-state index contributed by atoms with van der Waals surface area (Å²) in [5, 5.41) is 10.0. The van der Waals surface area contributed by atoms with Gasteiger partial charge in [0.2, 0.25) is 5.91 Å². The largest absolute Gasteiger partial charge is 0.480 e. The fourth-order valence-corrected chi connectivity index (χ4v) is 4.42. The summed E-state index contributed by atoms with van der Waals surface area (Å²) in [6, 6.07) is 30.6. The van der Waals surface area contributed by atoms with E-state index in [4.69, 9.17) is 12.2 Å². The molecule has 0 aliphatic rings. The number of hydrogen-bond donors (Lipinski definition) is 2. The molecule has 0 saturated heterocycles. The predicted molar refractivity (Wildman–Crippen MR) is 151 cm³/mol. The molecule has 0 spiro atoms. The second kappa shape index (κ2) is 12.4. The first-order chi connectivity index (χ1) is 18.9. The molecule has 3 N–H and O–H groups in total. The second-order valence-electron chi connectivity index (χ2n) is 9.16. The third-order valence-electron chi connectivity index (χ3n) is 6.49. The number of nitrogens with zero attached hydrogens (tertiary/aromatic N) is 1. The van der Waals surface area contributed by atoms with E-state index in [9.17, 15) is 19.5 Å². The van der Waals surface area contributed by atoms with Crippen molar-refractivity contribution in [2.75, 3.05) is 0 Å². The number of benzene rings is 4. The lowest BCUT2D eigenvalue weighted by molar-refractivity contribution is -0.143.